The highest BCUT2D eigenvalue weighted by molar-refractivity contribution is 8.00. The number of nitriles is 1. The van der Waals surface area contributed by atoms with E-state index in [-0.39, 0.29) is 11.6 Å². The Morgan fingerprint density at radius 3 is 2.86 bits per heavy atom. The Bertz CT molecular complexity index is 923. The van der Waals surface area contributed by atoms with Crippen molar-refractivity contribution < 1.29 is 18.0 Å². The highest BCUT2D eigenvalue weighted by Crippen LogP contribution is 2.30. The first-order valence-electron chi connectivity index (χ1n) is 8.65. The van der Waals surface area contributed by atoms with Gasteiger partial charge in [-0.2, -0.15) is 18.4 Å². The molecule has 0 aliphatic heterocycles. The molecular weight excluding hydrogens is 389 g/mol. The van der Waals surface area contributed by atoms with Gasteiger partial charge in [-0.3, -0.25) is 4.79 Å². The van der Waals surface area contributed by atoms with Crippen molar-refractivity contribution in [2.75, 3.05) is 11.1 Å². The molecule has 0 saturated carbocycles. The molecule has 146 valence electrons. The van der Waals surface area contributed by atoms with Gasteiger partial charge in [0.1, 0.15) is 16.9 Å². The molecular formula is C19H17F3N4OS. The Hall–Kier alpha value is -2.60. The number of pyridine rings is 2. The quantitative estimate of drug-likeness (QED) is 0.769. The van der Waals surface area contributed by atoms with Crippen LogP contribution >= 0.6 is 11.8 Å². The van der Waals surface area contributed by atoms with Gasteiger partial charge in [-0.25, -0.2) is 9.97 Å². The van der Waals surface area contributed by atoms with E-state index in [1.54, 1.807) is 0 Å². The zero-order chi connectivity index (χ0) is 20.3. The third-order valence-corrected chi connectivity index (χ3v) is 5.41. The summed E-state index contributed by atoms with van der Waals surface area (Å²) >= 11 is 1.13. The van der Waals surface area contributed by atoms with Gasteiger partial charge in [-0.1, -0.05) is 18.7 Å². The van der Waals surface area contributed by atoms with Crippen molar-refractivity contribution in [1.29, 1.82) is 5.26 Å². The molecule has 1 aliphatic carbocycles. The number of carbonyl (C=O) groups excluding carboxylic acids is 1. The molecule has 2 aromatic rings. The molecule has 1 aliphatic rings. The molecule has 28 heavy (non-hydrogen) atoms. The number of hydrogen-bond donors (Lipinski definition) is 1. The number of alkyl halides is 3. The predicted octanol–water partition coefficient (Wildman–Crippen LogP) is 4.22. The van der Waals surface area contributed by atoms with E-state index >= 15 is 0 Å². The second-order valence-electron chi connectivity index (χ2n) is 6.67. The molecule has 0 aromatic carbocycles. The number of rotatable bonds is 4. The monoisotopic (exact) mass is 406 g/mol. The molecule has 0 fully saturated rings. The Morgan fingerprint density at radius 1 is 1.43 bits per heavy atom. The number of aryl methyl sites for hydroxylation is 1. The van der Waals surface area contributed by atoms with Crippen molar-refractivity contribution in [3.63, 3.8) is 0 Å². The number of fused-ring (bicyclic) bond motifs is 1. The van der Waals surface area contributed by atoms with Gasteiger partial charge in [-0.05, 0) is 48.9 Å². The van der Waals surface area contributed by atoms with Crippen LogP contribution in [0.2, 0.25) is 0 Å². The number of carbonyl (C=O) groups is 1. The van der Waals surface area contributed by atoms with Crippen LogP contribution in [0.3, 0.4) is 0 Å². The van der Waals surface area contributed by atoms with E-state index in [4.69, 9.17) is 0 Å². The summed E-state index contributed by atoms with van der Waals surface area (Å²) in [5, 5.41) is 12.3. The van der Waals surface area contributed by atoms with Gasteiger partial charge < -0.3 is 5.32 Å². The second-order valence-corrected chi connectivity index (χ2v) is 7.64. The fourth-order valence-corrected chi connectivity index (χ4v) is 3.74. The third-order valence-electron chi connectivity index (χ3n) is 4.42. The molecule has 0 radical (unpaired) electrons. The molecule has 0 spiro atoms. The lowest BCUT2D eigenvalue weighted by molar-refractivity contribution is -0.137. The van der Waals surface area contributed by atoms with Crippen LogP contribution in [0.4, 0.5) is 19.0 Å². The highest BCUT2D eigenvalue weighted by atomic mass is 32.2. The lowest BCUT2D eigenvalue weighted by Gasteiger charge is -2.21. The third kappa shape index (κ3) is 4.81. The zero-order valence-corrected chi connectivity index (χ0v) is 15.8. The minimum absolute atomic E-state index is 0.0282. The number of aromatic nitrogens is 2. The molecule has 1 N–H and O–H groups in total. The number of thioether (sulfide) groups is 1. The fourth-order valence-electron chi connectivity index (χ4n) is 2.97. The number of amides is 1. The average molecular weight is 406 g/mol. The van der Waals surface area contributed by atoms with Crippen molar-refractivity contribution in [2.24, 2.45) is 5.92 Å². The number of nitrogens with one attached hydrogen (secondary N) is 1. The molecule has 2 aromatic heterocycles. The maximum absolute atomic E-state index is 12.5. The Kier molecular flexibility index (Phi) is 5.89. The van der Waals surface area contributed by atoms with Crippen LogP contribution in [-0.2, 0) is 23.8 Å². The summed E-state index contributed by atoms with van der Waals surface area (Å²) in [7, 11) is 0. The molecule has 0 saturated heterocycles. The van der Waals surface area contributed by atoms with Crippen LogP contribution in [0.15, 0.2) is 29.4 Å². The van der Waals surface area contributed by atoms with E-state index < -0.39 is 17.6 Å². The van der Waals surface area contributed by atoms with Gasteiger partial charge in [0.05, 0.1) is 16.9 Å². The van der Waals surface area contributed by atoms with Gasteiger partial charge in [0.15, 0.2) is 0 Å². The van der Waals surface area contributed by atoms with Crippen LogP contribution in [0.5, 0.6) is 0 Å². The van der Waals surface area contributed by atoms with Crippen LogP contribution < -0.4 is 5.32 Å². The molecule has 1 amide bonds. The summed E-state index contributed by atoms with van der Waals surface area (Å²) in [6.07, 6.45) is -1.03. The van der Waals surface area contributed by atoms with Crippen LogP contribution in [0.1, 0.15) is 35.7 Å². The largest absolute Gasteiger partial charge is 0.417 e. The summed E-state index contributed by atoms with van der Waals surface area (Å²) in [5.41, 5.74) is 1.59. The number of hydrogen-bond acceptors (Lipinski definition) is 5. The van der Waals surface area contributed by atoms with Crippen LogP contribution in [-0.4, -0.2) is 21.6 Å². The van der Waals surface area contributed by atoms with Crippen molar-refractivity contribution in [3.05, 3.63) is 46.8 Å². The van der Waals surface area contributed by atoms with E-state index in [1.165, 1.54) is 0 Å². The Labute approximate surface area is 164 Å². The first-order chi connectivity index (χ1) is 13.3. The highest BCUT2D eigenvalue weighted by Gasteiger charge is 2.30. The Morgan fingerprint density at radius 2 is 2.21 bits per heavy atom. The maximum Gasteiger partial charge on any atom is 0.417 e. The lowest BCUT2D eigenvalue weighted by Crippen LogP contribution is -2.17. The standard InChI is InChI=1S/C19H17F3N4OS/c1-11-2-4-15-12(6-11)7-13(8-23)18(25-15)28-10-17(27)26-16-5-3-14(9-24-16)19(20,21)22/h3,5,7,9,11H,2,4,6,10H2,1H3,(H,24,26,27)/t11-/m0/s1. The van der Waals surface area contributed by atoms with Gasteiger partial charge in [0.25, 0.3) is 0 Å². The van der Waals surface area contributed by atoms with Crippen molar-refractivity contribution >= 4 is 23.5 Å². The number of anilines is 1. The molecule has 5 nitrogen and oxygen atoms in total. The normalized spacial score (nSPS) is 16.2. The first-order valence-corrected chi connectivity index (χ1v) is 9.63. The topological polar surface area (TPSA) is 78.7 Å². The molecule has 9 heteroatoms. The zero-order valence-electron chi connectivity index (χ0n) is 15.0. The molecule has 3 rings (SSSR count). The number of halogens is 3. The SMILES string of the molecule is C[C@H]1CCc2nc(SCC(=O)Nc3ccc(C(F)(F)F)cn3)c(C#N)cc2C1. The van der Waals surface area contributed by atoms with E-state index in [0.29, 0.717) is 22.7 Å². The minimum Gasteiger partial charge on any atom is -0.310 e. The van der Waals surface area contributed by atoms with Crippen molar-refractivity contribution in [1.82, 2.24) is 9.97 Å². The summed E-state index contributed by atoms with van der Waals surface area (Å²) in [5.74, 6) is 0.127. The van der Waals surface area contributed by atoms with Crippen molar-refractivity contribution in [2.45, 2.75) is 37.4 Å². The summed E-state index contributed by atoms with van der Waals surface area (Å²) in [4.78, 5) is 20.3. The van der Waals surface area contributed by atoms with E-state index in [0.717, 1.165) is 54.4 Å². The number of nitrogens with zero attached hydrogens (tertiary/aromatic N) is 3. The summed E-state index contributed by atoms with van der Waals surface area (Å²) < 4.78 is 37.6. The van der Waals surface area contributed by atoms with Gasteiger partial charge >= 0.3 is 6.18 Å². The second kappa shape index (κ2) is 8.19. The fraction of sp³-hybridized carbons (Fsp3) is 0.368. The lowest BCUT2D eigenvalue weighted by atomic mass is 9.87. The van der Waals surface area contributed by atoms with E-state index in [1.807, 2.05) is 6.07 Å². The summed E-state index contributed by atoms with van der Waals surface area (Å²) in [6.45, 7) is 2.16. The summed E-state index contributed by atoms with van der Waals surface area (Å²) in [6, 6.07) is 5.92. The predicted molar refractivity (Wildman–Crippen MR) is 98.7 cm³/mol. The van der Waals surface area contributed by atoms with Gasteiger partial charge in [0, 0.05) is 11.9 Å². The smallest absolute Gasteiger partial charge is 0.310 e. The van der Waals surface area contributed by atoms with Crippen LogP contribution in [0, 0.1) is 17.2 Å². The minimum atomic E-state index is -4.48. The first kappa shape index (κ1) is 20.1. The van der Waals surface area contributed by atoms with Gasteiger partial charge in [-0.15, -0.1) is 0 Å². The Balaban J connectivity index is 1.64. The van der Waals surface area contributed by atoms with E-state index in [9.17, 15) is 23.2 Å². The van der Waals surface area contributed by atoms with Crippen LogP contribution in [0.25, 0.3) is 0 Å². The molecule has 0 bridgehead atoms. The van der Waals surface area contributed by atoms with Crippen molar-refractivity contribution in [3.8, 4) is 6.07 Å². The molecule has 0 unspecified atom stereocenters. The maximum atomic E-state index is 12.5. The molecule has 2 heterocycles. The van der Waals surface area contributed by atoms with E-state index in [2.05, 4.69) is 28.3 Å². The van der Waals surface area contributed by atoms with Gasteiger partial charge in [0.2, 0.25) is 5.91 Å². The average Bonchev–Trinajstić information content (AvgIpc) is 2.65. The molecule has 1 atom stereocenters.